The summed E-state index contributed by atoms with van der Waals surface area (Å²) in [6.45, 7) is 6.33. The van der Waals surface area contributed by atoms with Gasteiger partial charge in [-0.05, 0) is 86.5 Å². The third-order valence-corrected chi connectivity index (χ3v) is 16.0. The summed E-state index contributed by atoms with van der Waals surface area (Å²) in [5.41, 5.74) is 11.7. The molecular formula is C64H90N12O24. The summed E-state index contributed by atoms with van der Waals surface area (Å²) >= 11 is 0. The molecular weight excluding hydrogens is 1320 g/mol. The summed E-state index contributed by atoms with van der Waals surface area (Å²) in [6, 6.07) is -5.12. The number of phenolic OH excluding ortho intramolecular Hbond substituents is 1. The molecule has 12 atom stereocenters. The van der Waals surface area contributed by atoms with E-state index in [1.165, 1.54) is 31.2 Å². The van der Waals surface area contributed by atoms with Gasteiger partial charge in [-0.1, -0.05) is 76.6 Å². The van der Waals surface area contributed by atoms with E-state index in [1.807, 2.05) is 0 Å². The number of amides is 11. The van der Waals surface area contributed by atoms with Gasteiger partial charge in [-0.2, -0.15) is 0 Å². The highest BCUT2D eigenvalue weighted by Gasteiger charge is 2.42. The van der Waals surface area contributed by atoms with Crippen molar-refractivity contribution in [3.63, 3.8) is 0 Å². The second kappa shape index (κ2) is 41.4. The molecule has 2 aromatic rings. The van der Waals surface area contributed by atoms with Crippen molar-refractivity contribution in [1.82, 2.24) is 52.8 Å². The summed E-state index contributed by atoms with van der Waals surface area (Å²) in [5, 5.41) is 89.3. The third-order valence-electron chi connectivity index (χ3n) is 16.0. The first kappa shape index (κ1) is 83.4. The van der Waals surface area contributed by atoms with Crippen LogP contribution >= 0.6 is 0 Å². The van der Waals surface area contributed by atoms with Crippen molar-refractivity contribution in [3.8, 4) is 5.75 Å². The van der Waals surface area contributed by atoms with E-state index in [0.717, 1.165) is 4.90 Å². The first-order valence-electron chi connectivity index (χ1n) is 32.2. The van der Waals surface area contributed by atoms with Crippen molar-refractivity contribution in [2.45, 2.75) is 203 Å². The summed E-state index contributed by atoms with van der Waals surface area (Å²) in [7, 11) is 0. The van der Waals surface area contributed by atoms with Crippen molar-refractivity contribution < 1.29 is 117 Å². The van der Waals surface area contributed by atoms with Crippen LogP contribution in [0.15, 0.2) is 54.6 Å². The molecule has 0 radical (unpaired) electrons. The molecule has 1 fully saturated rings. The zero-order valence-corrected chi connectivity index (χ0v) is 55.6. The van der Waals surface area contributed by atoms with Crippen molar-refractivity contribution in [3.05, 3.63) is 65.7 Å². The number of nitrogens with two attached hydrogens (primary N) is 2. The van der Waals surface area contributed by atoms with E-state index in [9.17, 15) is 117 Å². The van der Waals surface area contributed by atoms with Crippen molar-refractivity contribution in [1.29, 1.82) is 0 Å². The molecule has 36 nitrogen and oxygen atoms in total. The average molecular weight is 1410 g/mol. The molecule has 20 N–H and O–H groups in total. The summed E-state index contributed by atoms with van der Waals surface area (Å²) in [5.74, 6) is -22.0. The SMILES string of the molecule is CC[C@H](C)[C@H](NC(=O)[C@H](CCC(=O)O)NC(=O)[C@H](CCC(=O)O)NC(=O)[C@H](Cc1ccccc1)NC(=O)[C@@H](N)CC(=O)O)C(=O)N1CCC[C@H]1C(=O)N[C@@H](CCC(=O)O)C(=O)N[C@@H](CCC(=O)O)C(=O)N[C@@H](Cc1ccc(O)cc1)C(=O)N[C@@H](CC(C)C)C(=O)N[C@@H](CCC(N)=O)C(=O)O. The minimum atomic E-state index is -1.88. The van der Waals surface area contributed by atoms with Gasteiger partial charge in [-0.15, -0.1) is 0 Å². The van der Waals surface area contributed by atoms with Gasteiger partial charge in [0.05, 0.1) is 12.5 Å². The molecule has 3 rings (SSSR count). The zero-order chi connectivity index (χ0) is 75.1. The fourth-order valence-corrected chi connectivity index (χ4v) is 10.4. The third kappa shape index (κ3) is 29.5. The molecule has 550 valence electrons. The van der Waals surface area contributed by atoms with Crippen LogP contribution in [-0.2, 0) is 94.3 Å². The van der Waals surface area contributed by atoms with Crippen LogP contribution in [0.1, 0.15) is 135 Å². The largest absolute Gasteiger partial charge is 0.508 e. The van der Waals surface area contributed by atoms with Crippen LogP contribution in [0.4, 0.5) is 0 Å². The molecule has 0 aromatic heterocycles. The number of aromatic hydroxyl groups is 1. The number of carbonyl (C=O) groups is 17. The Morgan fingerprint density at radius 3 is 1.27 bits per heavy atom. The first-order chi connectivity index (χ1) is 47.0. The first-order valence-corrected chi connectivity index (χ1v) is 32.2. The average Bonchev–Trinajstić information content (AvgIpc) is 1.60. The molecule has 0 aliphatic carbocycles. The van der Waals surface area contributed by atoms with Crippen LogP contribution in [0.25, 0.3) is 0 Å². The highest BCUT2D eigenvalue weighted by Crippen LogP contribution is 2.23. The van der Waals surface area contributed by atoms with Crippen molar-refractivity contribution in [2.75, 3.05) is 6.54 Å². The molecule has 0 saturated carbocycles. The number of carboxylic acid groups (broad SMARTS) is 6. The van der Waals surface area contributed by atoms with Gasteiger partial charge in [-0.3, -0.25) is 76.7 Å². The van der Waals surface area contributed by atoms with E-state index in [4.69, 9.17) is 11.5 Å². The van der Waals surface area contributed by atoms with Gasteiger partial charge in [0.1, 0.15) is 66.2 Å². The fourth-order valence-electron chi connectivity index (χ4n) is 10.4. The number of aliphatic carboxylic acids is 6. The Morgan fingerprint density at radius 2 is 0.850 bits per heavy atom. The van der Waals surface area contributed by atoms with E-state index in [0.29, 0.717) is 11.1 Å². The van der Waals surface area contributed by atoms with E-state index in [-0.39, 0.29) is 50.3 Å². The normalized spacial score (nSPS) is 15.9. The Hall–Kier alpha value is -10.8. The molecule has 36 heteroatoms. The number of carbonyl (C=O) groups excluding carboxylic acids is 11. The van der Waals surface area contributed by atoms with Crippen molar-refractivity contribution >= 4 is 101 Å². The van der Waals surface area contributed by atoms with E-state index in [1.54, 1.807) is 51.1 Å². The predicted molar refractivity (Wildman–Crippen MR) is 347 cm³/mol. The molecule has 1 aliphatic heterocycles. The second-order valence-electron chi connectivity index (χ2n) is 24.5. The van der Waals surface area contributed by atoms with Gasteiger partial charge in [0, 0.05) is 51.5 Å². The molecule has 0 bridgehead atoms. The zero-order valence-electron chi connectivity index (χ0n) is 55.6. The number of carboxylic acids is 6. The molecule has 0 spiro atoms. The maximum atomic E-state index is 14.8. The molecule has 100 heavy (non-hydrogen) atoms. The fraction of sp³-hybridized carbons (Fsp3) is 0.547. The number of rotatable bonds is 45. The van der Waals surface area contributed by atoms with E-state index in [2.05, 4.69) is 47.9 Å². The number of primary amides is 1. The topological polar surface area (TPSA) is 595 Å². The highest BCUT2D eigenvalue weighted by atomic mass is 16.4. The van der Waals surface area contributed by atoms with Gasteiger partial charge in [-0.25, -0.2) is 4.79 Å². The quantitative estimate of drug-likeness (QED) is 0.0319. The van der Waals surface area contributed by atoms with E-state index < -0.39 is 250 Å². The second-order valence-corrected chi connectivity index (χ2v) is 24.5. The maximum absolute atomic E-state index is 14.8. The Kier molecular flexibility index (Phi) is 34.6. The van der Waals surface area contributed by atoms with Gasteiger partial charge < -0.3 is 100.0 Å². The van der Waals surface area contributed by atoms with Gasteiger partial charge >= 0.3 is 35.8 Å². The molecule has 1 saturated heterocycles. The van der Waals surface area contributed by atoms with Crippen LogP contribution in [0.2, 0.25) is 0 Å². The Balaban J connectivity index is 1.97. The maximum Gasteiger partial charge on any atom is 0.326 e. The molecule has 0 unspecified atom stereocenters. The van der Waals surface area contributed by atoms with Gasteiger partial charge in [0.15, 0.2) is 0 Å². The monoisotopic (exact) mass is 1410 g/mol. The highest BCUT2D eigenvalue weighted by molar-refractivity contribution is 6.00. The van der Waals surface area contributed by atoms with E-state index >= 15 is 0 Å². The van der Waals surface area contributed by atoms with Crippen LogP contribution in [0.5, 0.6) is 5.75 Å². The standard InChI is InChI=1S/C64H90N12O24/c1-5-33(4)53(75-58(93)41(21-26-51(85)86)68-55(90)38(18-23-48(79)80)69-60(95)44(29-34-10-7-6-8-11-34)72-54(89)37(65)31-52(87)88)63(98)76-27-9-12-46(76)62(97)70-40(20-25-50(83)84)56(91)67-39(19-24-49(81)82)57(92)74-45(30-35-13-15-36(77)16-14-35)61(96)73-43(28-32(2)3)59(94)71-42(64(99)100)17-22-47(66)78/h6-8,10-11,13-16,32-33,37-46,53,77H,5,9,12,17-31,65H2,1-4H3,(H2,66,78)(H,67,91)(H,68,90)(H,69,95)(H,70,97)(H,71,94)(H,72,89)(H,73,96)(H,74,92)(H,75,93)(H,79,80)(H,81,82)(H,83,84)(H,85,86)(H,87,88)(H,99,100)/t33-,37-,38-,39-,40-,41-,42-,43-,44-,45-,46-,53-/m0/s1. The predicted octanol–water partition coefficient (Wildman–Crippen LogP) is -2.76. The van der Waals surface area contributed by atoms with Crippen molar-refractivity contribution in [2.24, 2.45) is 23.3 Å². The lowest BCUT2D eigenvalue weighted by molar-refractivity contribution is -0.144. The number of nitrogens with one attached hydrogen (secondary N) is 9. The van der Waals surface area contributed by atoms with Gasteiger partial charge in [0.25, 0.3) is 0 Å². The van der Waals surface area contributed by atoms with Gasteiger partial charge in [0.2, 0.25) is 65.0 Å². The number of hydrogen-bond donors (Lipinski definition) is 18. The Bertz CT molecular complexity index is 3260. The minimum absolute atomic E-state index is 0.0962. The number of likely N-dealkylation sites (tertiary alicyclic amines) is 1. The van der Waals surface area contributed by atoms with Crippen LogP contribution < -0.4 is 59.3 Å². The summed E-state index contributed by atoms with van der Waals surface area (Å²) in [4.78, 5) is 225. The van der Waals surface area contributed by atoms with Crippen LogP contribution in [-0.4, -0.2) is 214 Å². The number of nitrogens with zero attached hydrogens (tertiary/aromatic N) is 1. The molecule has 1 aliphatic rings. The Morgan fingerprint density at radius 1 is 0.470 bits per heavy atom. The van der Waals surface area contributed by atoms with Crippen LogP contribution in [0, 0.1) is 11.8 Å². The molecule has 1 heterocycles. The lowest BCUT2D eigenvalue weighted by Gasteiger charge is -2.33. The van der Waals surface area contributed by atoms with Crippen LogP contribution in [0.3, 0.4) is 0 Å². The number of hydrogen-bond acceptors (Lipinski definition) is 19. The minimum Gasteiger partial charge on any atom is -0.508 e. The smallest absolute Gasteiger partial charge is 0.326 e. The summed E-state index contributed by atoms with van der Waals surface area (Å²) < 4.78 is 0. The molecule has 2 aromatic carbocycles. The lowest BCUT2D eigenvalue weighted by atomic mass is 9.96. The lowest BCUT2D eigenvalue weighted by Crippen LogP contribution is -2.61. The number of phenols is 1. The Labute approximate surface area is 573 Å². The number of benzene rings is 2. The summed E-state index contributed by atoms with van der Waals surface area (Å²) in [6.07, 6.45) is -8.08. The molecule has 11 amide bonds.